The number of ether oxygens (including phenoxy) is 2. The van der Waals surface area contributed by atoms with Crippen LogP contribution in [-0.2, 0) is 16.2 Å². The van der Waals surface area contributed by atoms with Crippen molar-refractivity contribution in [3.8, 4) is 0 Å². The number of hydrogen-bond donors (Lipinski definition) is 1. The van der Waals surface area contributed by atoms with Crippen LogP contribution in [0.25, 0.3) is 0 Å². The number of carbonyl (C=O) groups excluding carboxylic acids is 1. The summed E-state index contributed by atoms with van der Waals surface area (Å²) in [6, 6.07) is 0. The summed E-state index contributed by atoms with van der Waals surface area (Å²) >= 11 is 1.99. The molecule has 1 heterocycles. The Morgan fingerprint density at radius 2 is 2.47 bits per heavy atom. The molecule has 1 rings (SSSR count). The second-order valence-electron chi connectivity index (χ2n) is 2.62. The van der Waals surface area contributed by atoms with Crippen molar-refractivity contribution in [2.45, 2.75) is 6.73 Å². The summed E-state index contributed by atoms with van der Waals surface area (Å²) in [5, 5.41) is 12.5. The normalized spacial score (nSPS) is 10.3. The van der Waals surface area contributed by atoms with Crippen LogP contribution in [0.2, 0.25) is 0 Å². The maximum atomic E-state index is 11.2. The monoisotopic (exact) mass is 326 g/mol. The predicted octanol–water partition coefficient (Wildman–Crippen LogP) is 0.241. The zero-order valence-corrected chi connectivity index (χ0v) is 10.3. The average Bonchev–Trinajstić information content (AvgIpc) is 2.59. The van der Waals surface area contributed by atoms with E-state index in [4.69, 9.17) is 9.84 Å². The fraction of sp³-hybridized carbons (Fsp3) is 0.500. The molecule has 0 aliphatic carbocycles. The van der Waals surface area contributed by atoms with Crippen molar-refractivity contribution in [2.24, 2.45) is 0 Å². The molecule has 0 aliphatic heterocycles. The van der Waals surface area contributed by atoms with Crippen LogP contribution in [0.5, 0.6) is 0 Å². The van der Waals surface area contributed by atoms with Crippen LogP contribution < -0.4 is 0 Å². The lowest BCUT2D eigenvalue weighted by Gasteiger charge is -2.00. The van der Waals surface area contributed by atoms with E-state index in [1.165, 1.54) is 11.8 Å². The molecule has 0 amide bonds. The van der Waals surface area contributed by atoms with Crippen molar-refractivity contribution in [3.63, 3.8) is 0 Å². The molecule has 0 saturated carbocycles. The van der Waals surface area contributed by atoms with Gasteiger partial charge in [-0.2, -0.15) is 5.10 Å². The standard InChI is InChI=1S/C8H11IN2O4/c1-14-8(13)7-6(9)4-11(10-7)5-15-3-2-12/h4,12H,2-3,5H2,1H3. The minimum atomic E-state index is -0.472. The molecule has 0 spiro atoms. The lowest BCUT2D eigenvalue weighted by molar-refractivity contribution is 0.0409. The third-order valence-corrected chi connectivity index (χ3v) is 2.34. The van der Waals surface area contributed by atoms with Gasteiger partial charge in [0.05, 0.1) is 23.9 Å². The molecule has 0 unspecified atom stereocenters. The molecular formula is C8H11IN2O4. The van der Waals surface area contributed by atoms with Gasteiger partial charge in [-0.3, -0.25) is 0 Å². The molecule has 0 saturated heterocycles. The third-order valence-electron chi connectivity index (χ3n) is 1.55. The van der Waals surface area contributed by atoms with E-state index < -0.39 is 5.97 Å². The highest BCUT2D eigenvalue weighted by molar-refractivity contribution is 14.1. The highest BCUT2D eigenvalue weighted by atomic mass is 127. The van der Waals surface area contributed by atoms with Gasteiger partial charge in [-0.25, -0.2) is 9.48 Å². The van der Waals surface area contributed by atoms with Crippen molar-refractivity contribution in [1.29, 1.82) is 0 Å². The Morgan fingerprint density at radius 1 is 1.73 bits per heavy atom. The molecule has 6 nitrogen and oxygen atoms in total. The molecule has 0 aliphatic rings. The molecule has 84 valence electrons. The quantitative estimate of drug-likeness (QED) is 0.477. The van der Waals surface area contributed by atoms with Gasteiger partial charge in [0.1, 0.15) is 6.73 Å². The number of nitrogens with zero attached hydrogens (tertiary/aromatic N) is 2. The second-order valence-corrected chi connectivity index (χ2v) is 3.78. The maximum Gasteiger partial charge on any atom is 0.359 e. The van der Waals surface area contributed by atoms with Crippen LogP contribution in [-0.4, -0.2) is 41.2 Å². The van der Waals surface area contributed by atoms with Gasteiger partial charge in [-0.05, 0) is 22.6 Å². The molecule has 1 N–H and O–H groups in total. The Balaban J connectivity index is 2.64. The predicted molar refractivity (Wildman–Crippen MR) is 59.3 cm³/mol. The molecule has 0 aromatic carbocycles. The van der Waals surface area contributed by atoms with E-state index in [1.54, 1.807) is 6.20 Å². The topological polar surface area (TPSA) is 73.6 Å². The average molecular weight is 326 g/mol. The van der Waals surface area contributed by atoms with Crippen LogP contribution in [0.1, 0.15) is 10.5 Å². The third kappa shape index (κ3) is 3.43. The SMILES string of the molecule is COC(=O)c1nn(COCCO)cc1I. The molecule has 1 aromatic heterocycles. The van der Waals surface area contributed by atoms with Gasteiger partial charge in [-0.1, -0.05) is 0 Å². The zero-order chi connectivity index (χ0) is 11.3. The minimum Gasteiger partial charge on any atom is -0.464 e. The largest absolute Gasteiger partial charge is 0.464 e. The summed E-state index contributed by atoms with van der Waals surface area (Å²) in [6.07, 6.45) is 1.67. The fourth-order valence-electron chi connectivity index (χ4n) is 0.921. The first-order chi connectivity index (χ1) is 7.19. The summed E-state index contributed by atoms with van der Waals surface area (Å²) in [6.45, 7) is 0.403. The lowest BCUT2D eigenvalue weighted by atomic mass is 10.4. The number of methoxy groups -OCH3 is 1. The van der Waals surface area contributed by atoms with Crippen molar-refractivity contribution < 1.29 is 19.4 Å². The number of rotatable bonds is 5. The maximum absolute atomic E-state index is 11.2. The number of aliphatic hydroxyl groups excluding tert-OH is 1. The summed E-state index contributed by atoms with van der Waals surface area (Å²) in [7, 11) is 1.31. The number of carbonyl (C=O) groups is 1. The Morgan fingerprint density at radius 3 is 3.07 bits per heavy atom. The number of halogens is 1. The van der Waals surface area contributed by atoms with E-state index in [9.17, 15) is 4.79 Å². The molecule has 1 aromatic rings. The fourth-order valence-corrected chi connectivity index (χ4v) is 1.57. The molecular weight excluding hydrogens is 315 g/mol. The molecule has 7 heteroatoms. The summed E-state index contributed by atoms with van der Waals surface area (Å²) < 4.78 is 11.8. The Hall–Kier alpha value is -0.670. The number of hydrogen-bond acceptors (Lipinski definition) is 5. The smallest absolute Gasteiger partial charge is 0.359 e. The van der Waals surface area contributed by atoms with Gasteiger partial charge in [0, 0.05) is 6.20 Å². The van der Waals surface area contributed by atoms with E-state index in [0.717, 1.165) is 0 Å². The van der Waals surface area contributed by atoms with E-state index in [1.807, 2.05) is 22.6 Å². The molecule has 0 atom stereocenters. The van der Waals surface area contributed by atoms with Crippen molar-refractivity contribution in [3.05, 3.63) is 15.5 Å². The zero-order valence-electron chi connectivity index (χ0n) is 8.14. The van der Waals surface area contributed by atoms with Crippen molar-refractivity contribution in [2.75, 3.05) is 20.3 Å². The molecule has 15 heavy (non-hydrogen) atoms. The molecule has 0 bridgehead atoms. The van der Waals surface area contributed by atoms with Gasteiger partial charge < -0.3 is 14.6 Å². The number of aliphatic hydroxyl groups is 1. The number of aromatic nitrogens is 2. The minimum absolute atomic E-state index is 0.0395. The van der Waals surface area contributed by atoms with Crippen LogP contribution in [0.4, 0.5) is 0 Å². The van der Waals surface area contributed by atoms with Gasteiger partial charge >= 0.3 is 5.97 Å². The Bertz CT molecular complexity index is 339. The summed E-state index contributed by atoms with van der Waals surface area (Å²) in [4.78, 5) is 11.2. The molecule has 0 radical (unpaired) electrons. The first kappa shape index (κ1) is 12.4. The highest BCUT2D eigenvalue weighted by Crippen LogP contribution is 2.11. The van der Waals surface area contributed by atoms with E-state index in [0.29, 0.717) is 3.57 Å². The van der Waals surface area contributed by atoms with Crippen LogP contribution in [0.3, 0.4) is 0 Å². The Kier molecular flexibility index (Phi) is 4.99. The van der Waals surface area contributed by atoms with E-state index in [2.05, 4.69) is 9.84 Å². The van der Waals surface area contributed by atoms with Crippen LogP contribution >= 0.6 is 22.6 Å². The first-order valence-corrected chi connectivity index (χ1v) is 5.26. The first-order valence-electron chi connectivity index (χ1n) is 4.19. The molecule has 0 fully saturated rings. The van der Waals surface area contributed by atoms with Gasteiger partial charge in [0.15, 0.2) is 5.69 Å². The van der Waals surface area contributed by atoms with Gasteiger partial charge in [0.2, 0.25) is 0 Å². The van der Waals surface area contributed by atoms with Crippen molar-refractivity contribution in [1.82, 2.24) is 9.78 Å². The highest BCUT2D eigenvalue weighted by Gasteiger charge is 2.15. The Labute approximate surface area is 100 Å². The second kappa shape index (κ2) is 6.03. The van der Waals surface area contributed by atoms with Crippen LogP contribution in [0, 0.1) is 3.57 Å². The van der Waals surface area contributed by atoms with E-state index in [-0.39, 0.29) is 25.6 Å². The van der Waals surface area contributed by atoms with Gasteiger partial charge in [-0.15, -0.1) is 0 Å². The summed E-state index contributed by atoms with van der Waals surface area (Å²) in [5.74, 6) is -0.472. The lowest BCUT2D eigenvalue weighted by Crippen LogP contribution is -2.09. The number of esters is 1. The van der Waals surface area contributed by atoms with E-state index >= 15 is 0 Å². The van der Waals surface area contributed by atoms with Gasteiger partial charge in [0.25, 0.3) is 0 Å². The van der Waals surface area contributed by atoms with Crippen molar-refractivity contribution >= 4 is 28.6 Å². The summed E-state index contributed by atoms with van der Waals surface area (Å²) in [5.41, 5.74) is 0.269. The van der Waals surface area contributed by atoms with Crippen LogP contribution in [0.15, 0.2) is 6.20 Å².